The van der Waals surface area contributed by atoms with Gasteiger partial charge in [0.15, 0.2) is 17.7 Å². The molecule has 1 aromatic carbocycles. The van der Waals surface area contributed by atoms with E-state index in [-0.39, 0.29) is 12.3 Å². The van der Waals surface area contributed by atoms with Crippen LogP contribution in [0.25, 0.3) is 0 Å². The summed E-state index contributed by atoms with van der Waals surface area (Å²) in [6.07, 6.45) is -0.949. The summed E-state index contributed by atoms with van der Waals surface area (Å²) in [5, 5.41) is 10.7. The highest BCUT2D eigenvalue weighted by Crippen LogP contribution is 2.19. The Bertz CT molecular complexity index is 650. The Morgan fingerprint density at radius 2 is 2.24 bits per heavy atom. The van der Waals surface area contributed by atoms with E-state index in [1.54, 1.807) is 0 Å². The number of hydrogen-bond donors (Lipinski definition) is 2. The van der Waals surface area contributed by atoms with Crippen molar-refractivity contribution in [3.63, 3.8) is 0 Å². The molecule has 0 bridgehead atoms. The minimum atomic E-state index is -0.949. The first kappa shape index (κ1) is 15.1. The molecule has 1 heterocycles. The zero-order valence-electron chi connectivity index (χ0n) is 11.0. The molecule has 1 atom stereocenters. The average Bonchev–Trinajstić information content (AvgIpc) is 2.85. The predicted octanol–water partition coefficient (Wildman–Crippen LogP) is 1.48. The molecule has 1 aromatic heterocycles. The zero-order valence-corrected chi connectivity index (χ0v) is 11.8. The van der Waals surface area contributed by atoms with Crippen molar-refractivity contribution < 1.29 is 18.3 Å². The van der Waals surface area contributed by atoms with Gasteiger partial charge in [0.25, 0.3) is 5.91 Å². The molecule has 1 amide bonds. The minimum Gasteiger partial charge on any atom is -0.478 e. The van der Waals surface area contributed by atoms with Crippen LogP contribution in [0.4, 0.5) is 13.9 Å². The number of hydrogen-bond acceptors (Lipinski definition) is 6. The molecule has 0 aliphatic carbocycles. The molecule has 0 spiro atoms. The van der Waals surface area contributed by atoms with Gasteiger partial charge in [-0.15, -0.1) is 10.2 Å². The van der Waals surface area contributed by atoms with Gasteiger partial charge in [0.1, 0.15) is 10.8 Å². The monoisotopic (exact) mass is 314 g/mol. The smallest absolute Gasteiger partial charge is 0.261 e. The Hall–Kier alpha value is -2.29. The number of anilines is 1. The molecule has 1 unspecified atom stereocenters. The largest absolute Gasteiger partial charge is 0.478 e. The minimum absolute atomic E-state index is 0.146. The topological polar surface area (TPSA) is 90.1 Å². The van der Waals surface area contributed by atoms with Crippen molar-refractivity contribution in [3.8, 4) is 5.75 Å². The summed E-state index contributed by atoms with van der Waals surface area (Å²) in [4.78, 5) is 11.8. The lowest BCUT2D eigenvalue weighted by Gasteiger charge is -2.14. The number of ether oxygens (including phenoxy) is 1. The third-order valence-corrected chi connectivity index (χ3v) is 3.22. The van der Waals surface area contributed by atoms with Gasteiger partial charge in [0.05, 0.1) is 6.54 Å². The molecule has 2 rings (SSSR count). The molecule has 0 radical (unpaired) electrons. The highest BCUT2D eigenvalue weighted by atomic mass is 32.1. The van der Waals surface area contributed by atoms with E-state index in [0.29, 0.717) is 16.2 Å². The van der Waals surface area contributed by atoms with Crippen molar-refractivity contribution in [2.45, 2.75) is 19.6 Å². The molecule has 0 saturated carbocycles. The molecular weight excluding hydrogens is 302 g/mol. The average molecular weight is 314 g/mol. The standard InChI is InChI=1S/C12H12F2N4O2S/c1-6(20-9-3-2-7(13)4-8(9)14)11(19)16-5-10-17-18-12(15)21-10/h2-4,6H,5H2,1H3,(H2,15,18)(H,16,19). The second-order valence-electron chi connectivity index (χ2n) is 4.09. The maximum Gasteiger partial charge on any atom is 0.261 e. The molecule has 0 aliphatic heterocycles. The van der Waals surface area contributed by atoms with Gasteiger partial charge in [-0.25, -0.2) is 8.78 Å². The highest BCUT2D eigenvalue weighted by Gasteiger charge is 2.17. The highest BCUT2D eigenvalue weighted by molar-refractivity contribution is 7.15. The molecule has 6 nitrogen and oxygen atoms in total. The van der Waals surface area contributed by atoms with Gasteiger partial charge >= 0.3 is 0 Å². The fourth-order valence-electron chi connectivity index (χ4n) is 1.46. The maximum atomic E-state index is 13.4. The Morgan fingerprint density at radius 3 is 2.86 bits per heavy atom. The SMILES string of the molecule is CC(Oc1ccc(F)cc1F)C(=O)NCc1nnc(N)s1. The van der Waals surface area contributed by atoms with E-state index in [0.717, 1.165) is 23.5 Å². The van der Waals surface area contributed by atoms with E-state index >= 15 is 0 Å². The van der Waals surface area contributed by atoms with Crippen LogP contribution in [0.3, 0.4) is 0 Å². The Kier molecular flexibility index (Phi) is 4.63. The van der Waals surface area contributed by atoms with Crippen molar-refractivity contribution in [2.24, 2.45) is 0 Å². The van der Waals surface area contributed by atoms with Crippen molar-refractivity contribution in [3.05, 3.63) is 34.8 Å². The van der Waals surface area contributed by atoms with Crippen molar-refractivity contribution >= 4 is 22.4 Å². The molecule has 3 N–H and O–H groups in total. The first-order valence-electron chi connectivity index (χ1n) is 5.93. The quantitative estimate of drug-likeness (QED) is 0.872. The van der Waals surface area contributed by atoms with Gasteiger partial charge < -0.3 is 15.8 Å². The predicted molar refractivity (Wildman–Crippen MR) is 72.6 cm³/mol. The zero-order chi connectivity index (χ0) is 15.4. The number of benzene rings is 1. The number of amides is 1. The third kappa shape index (κ3) is 4.09. The molecule has 0 aliphatic rings. The summed E-state index contributed by atoms with van der Waals surface area (Å²) in [7, 11) is 0. The van der Waals surface area contributed by atoms with Crippen LogP contribution >= 0.6 is 11.3 Å². The number of nitrogens with two attached hydrogens (primary N) is 1. The Labute approximate surface area is 122 Å². The van der Waals surface area contributed by atoms with Crippen LogP contribution in [-0.2, 0) is 11.3 Å². The molecule has 9 heteroatoms. The van der Waals surface area contributed by atoms with Gasteiger partial charge in [-0.2, -0.15) is 0 Å². The molecule has 2 aromatic rings. The number of rotatable bonds is 5. The molecular formula is C12H12F2N4O2S. The van der Waals surface area contributed by atoms with Crippen LogP contribution in [0.15, 0.2) is 18.2 Å². The van der Waals surface area contributed by atoms with Crippen molar-refractivity contribution in [1.82, 2.24) is 15.5 Å². The molecule has 0 fully saturated rings. The van der Waals surface area contributed by atoms with Gasteiger partial charge in [-0.1, -0.05) is 11.3 Å². The van der Waals surface area contributed by atoms with Gasteiger partial charge in [0, 0.05) is 6.07 Å². The third-order valence-electron chi connectivity index (χ3n) is 2.46. The van der Waals surface area contributed by atoms with Gasteiger partial charge in [0.2, 0.25) is 5.13 Å². The Balaban J connectivity index is 1.90. The lowest BCUT2D eigenvalue weighted by molar-refractivity contribution is -0.127. The van der Waals surface area contributed by atoms with Crippen LogP contribution in [0.2, 0.25) is 0 Å². The second-order valence-corrected chi connectivity index (χ2v) is 5.18. The normalized spacial score (nSPS) is 12.0. The Morgan fingerprint density at radius 1 is 1.48 bits per heavy atom. The maximum absolute atomic E-state index is 13.4. The van der Waals surface area contributed by atoms with E-state index in [1.807, 2.05) is 0 Å². The van der Waals surface area contributed by atoms with E-state index < -0.39 is 23.6 Å². The van der Waals surface area contributed by atoms with Crippen LogP contribution < -0.4 is 15.8 Å². The van der Waals surface area contributed by atoms with E-state index in [9.17, 15) is 13.6 Å². The van der Waals surface area contributed by atoms with Crippen molar-refractivity contribution in [2.75, 3.05) is 5.73 Å². The summed E-state index contributed by atoms with van der Waals surface area (Å²) in [5.74, 6) is -2.25. The molecule has 21 heavy (non-hydrogen) atoms. The fourth-order valence-corrected chi connectivity index (χ4v) is 2.01. The van der Waals surface area contributed by atoms with E-state index in [4.69, 9.17) is 10.5 Å². The lowest BCUT2D eigenvalue weighted by atomic mass is 10.3. The fraction of sp³-hybridized carbons (Fsp3) is 0.250. The number of carbonyl (C=O) groups excluding carboxylic acids is 1. The number of carbonyl (C=O) groups is 1. The summed E-state index contributed by atoms with van der Waals surface area (Å²) >= 11 is 1.15. The number of nitrogens with one attached hydrogen (secondary N) is 1. The molecule has 112 valence electrons. The van der Waals surface area contributed by atoms with E-state index in [1.165, 1.54) is 6.92 Å². The van der Waals surface area contributed by atoms with Crippen LogP contribution in [0.1, 0.15) is 11.9 Å². The second kappa shape index (κ2) is 6.44. The first-order valence-corrected chi connectivity index (χ1v) is 6.74. The van der Waals surface area contributed by atoms with Crippen LogP contribution in [0, 0.1) is 11.6 Å². The summed E-state index contributed by atoms with van der Waals surface area (Å²) in [5.41, 5.74) is 5.41. The number of nitrogens with zero attached hydrogens (tertiary/aromatic N) is 2. The summed E-state index contributed by atoms with van der Waals surface area (Å²) in [6.45, 7) is 1.60. The summed E-state index contributed by atoms with van der Waals surface area (Å²) in [6, 6.07) is 2.86. The van der Waals surface area contributed by atoms with Crippen LogP contribution in [0.5, 0.6) is 5.75 Å². The summed E-state index contributed by atoms with van der Waals surface area (Å²) < 4.78 is 31.3. The van der Waals surface area contributed by atoms with Crippen LogP contribution in [-0.4, -0.2) is 22.2 Å². The number of aromatic nitrogens is 2. The van der Waals surface area contributed by atoms with E-state index in [2.05, 4.69) is 15.5 Å². The number of nitrogen functional groups attached to an aromatic ring is 1. The van der Waals surface area contributed by atoms with Gasteiger partial charge in [-0.3, -0.25) is 4.79 Å². The van der Waals surface area contributed by atoms with Gasteiger partial charge in [-0.05, 0) is 19.1 Å². The first-order chi connectivity index (χ1) is 9.95. The lowest BCUT2D eigenvalue weighted by Crippen LogP contribution is -2.36. The van der Waals surface area contributed by atoms with Crippen molar-refractivity contribution in [1.29, 1.82) is 0 Å². The number of halogens is 2. The molecule has 0 saturated heterocycles.